The fourth-order valence-electron chi connectivity index (χ4n) is 4.11. The Morgan fingerprint density at radius 1 is 0.906 bits per heavy atom. The van der Waals surface area contributed by atoms with Crippen molar-refractivity contribution in [3.05, 3.63) is 94.5 Å². The van der Waals surface area contributed by atoms with Crippen molar-refractivity contribution < 1.29 is 4.79 Å². The van der Waals surface area contributed by atoms with Gasteiger partial charge < -0.3 is 0 Å². The van der Waals surface area contributed by atoms with Gasteiger partial charge in [0, 0.05) is 23.1 Å². The van der Waals surface area contributed by atoms with Crippen LogP contribution in [0.2, 0.25) is 5.02 Å². The number of Topliss-reactive ketones (excluding diaryl/α,β-unsaturated/α-hetero) is 1. The third-order valence-corrected chi connectivity index (χ3v) is 7.51. The summed E-state index contributed by atoms with van der Waals surface area (Å²) in [5.41, 5.74) is 5.55. The van der Waals surface area contributed by atoms with Gasteiger partial charge in [-0.1, -0.05) is 60.1 Å². The fraction of sp³-hybridized carbons (Fsp3) is 0.160. The van der Waals surface area contributed by atoms with Crippen LogP contribution in [0, 0.1) is 6.92 Å². The highest BCUT2D eigenvalue weighted by atomic mass is 35.5. The van der Waals surface area contributed by atoms with Crippen LogP contribution in [0.15, 0.2) is 83.0 Å². The zero-order valence-electron chi connectivity index (χ0n) is 17.9. The summed E-state index contributed by atoms with van der Waals surface area (Å²) in [5, 5.41) is 14.8. The molecule has 7 heteroatoms. The van der Waals surface area contributed by atoms with Crippen molar-refractivity contribution in [2.45, 2.75) is 25.8 Å². The molecule has 0 unspecified atom stereocenters. The number of para-hydroxylation sites is 1. The smallest absolute Gasteiger partial charge is 0.234 e. The SMILES string of the molecule is CC(=O)C1=NN(c2cccc(Cl)c2C)[C@]2(S1)c1ccccc1C(C)=NN2c1ccccc1. The predicted octanol–water partition coefficient (Wildman–Crippen LogP) is 6.16. The molecule has 160 valence electrons. The van der Waals surface area contributed by atoms with Gasteiger partial charge in [0.05, 0.1) is 17.1 Å². The quantitative estimate of drug-likeness (QED) is 0.469. The second-order valence-electron chi connectivity index (χ2n) is 7.75. The van der Waals surface area contributed by atoms with Crippen molar-refractivity contribution in [2.24, 2.45) is 10.2 Å². The molecule has 32 heavy (non-hydrogen) atoms. The molecule has 0 amide bonds. The number of carbonyl (C=O) groups excluding carboxylic acids is 1. The number of halogens is 1. The number of hydrogen-bond donors (Lipinski definition) is 0. The van der Waals surface area contributed by atoms with E-state index in [9.17, 15) is 4.79 Å². The third kappa shape index (κ3) is 3.05. The van der Waals surface area contributed by atoms with Gasteiger partial charge in [-0.25, -0.2) is 10.0 Å². The highest BCUT2D eigenvalue weighted by Gasteiger charge is 2.55. The van der Waals surface area contributed by atoms with E-state index < -0.39 is 4.99 Å². The average Bonchev–Trinajstić information content (AvgIpc) is 3.20. The molecule has 0 bridgehead atoms. The summed E-state index contributed by atoms with van der Waals surface area (Å²) in [7, 11) is 0. The first-order chi connectivity index (χ1) is 15.4. The normalized spacial score (nSPS) is 19.6. The van der Waals surface area contributed by atoms with Crippen molar-refractivity contribution in [3.63, 3.8) is 0 Å². The number of thioether (sulfide) groups is 1. The van der Waals surface area contributed by atoms with Crippen LogP contribution in [-0.2, 0) is 9.79 Å². The van der Waals surface area contributed by atoms with Crippen molar-refractivity contribution in [1.29, 1.82) is 0 Å². The summed E-state index contributed by atoms with van der Waals surface area (Å²) < 4.78 is 0. The predicted molar refractivity (Wildman–Crippen MR) is 134 cm³/mol. The van der Waals surface area contributed by atoms with Crippen LogP contribution in [0.4, 0.5) is 11.4 Å². The Bertz CT molecular complexity index is 1290. The number of rotatable bonds is 3. The molecule has 1 atom stereocenters. The minimum absolute atomic E-state index is 0.0895. The molecular formula is C25H21ClN4OS. The van der Waals surface area contributed by atoms with Gasteiger partial charge in [-0.3, -0.25) is 4.79 Å². The summed E-state index contributed by atoms with van der Waals surface area (Å²) in [6.45, 7) is 5.51. The molecule has 0 fully saturated rings. The van der Waals surface area contributed by atoms with Crippen LogP contribution in [-0.4, -0.2) is 16.5 Å². The zero-order chi connectivity index (χ0) is 22.5. The fourth-order valence-corrected chi connectivity index (χ4v) is 5.57. The van der Waals surface area contributed by atoms with E-state index in [1.54, 1.807) is 6.92 Å². The van der Waals surface area contributed by atoms with Crippen LogP contribution in [0.1, 0.15) is 30.5 Å². The first kappa shape index (κ1) is 20.8. The van der Waals surface area contributed by atoms with Crippen LogP contribution in [0.3, 0.4) is 0 Å². The Kier molecular flexibility index (Phi) is 5.07. The maximum Gasteiger partial charge on any atom is 0.234 e. The van der Waals surface area contributed by atoms with E-state index in [0.29, 0.717) is 10.1 Å². The van der Waals surface area contributed by atoms with E-state index >= 15 is 0 Å². The van der Waals surface area contributed by atoms with Gasteiger partial charge >= 0.3 is 0 Å². The Morgan fingerprint density at radius 2 is 1.62 bits per heavy atom. The lowest BCUT2D eigenvalue weighted by Crippen LogP contribution is -2.53. The molecule has 1 spiro atoms. The van der Waals surface area contributed by atoms with E-state index in [2.05, 4.69) is 12.1 Å². The minimum Gasteiger partial charge on any atom is -0.292 e. The molecule has 0 radical (unpaired) electrons. The molecule has 2 aliphatic rings. The summed E-state index contributed by atoms with van der Waals surface area (Å²) in [4.78, 5) is 11.6. The number of fused-ring (bicyclic) bond motifs is 2. The van der Waals surface area contributed by atoms with E-state index in [1.165, 1.54) is 11.8 Å². The molecule has 5 nitrogen and oxygen atoms in total. The number of carbonyl (C=O) groups is 1. The van der Waals surface area contributed by atoms with Crippen molar-refractivity contribution in [3.8, 4) is 0 Å². The van der Waals surface area contributed by atoms with Crippen LogP contribution < -0.4 is 10.0 Å². The first-order valence-electron chi connectivity index (χ1n) is 10.3. The Labute approximate surface area is 196 Å². The van der Waals surface area contributed by atoms with Crippen molar-refractivity contribution in [2.75, 3.05) is 10.0 Å². The van der Waals surface area contributed by atoms with Gasteiger partial charge in [-0.15, -0.1) is 0 Å². The largest absolute Gasteiger partial charge is 0.292 e. The highest BCUT2D eigenvalue weighted by Crippen LogP contribution is 2.55. The maximum atomic E-state index is 12.6. The number of ketones is 1. The number of hydrazone groups is 2. The monoisotopic (exact) mass is 460 g/mol. The molecule has 3 aromatic rings. The van der Waals surface area contributed by atoms with Crippen LogP contribution >= 0.6 is 23.4 Å². The minimum atomic E-state index is -0.923. The van der Waals surface area contributed by atoms with Crippen LogP contribution in [0.25, 0.3) is 0 Å². The van der Waals surface area contributed by atoms with Gasteiger partial charge in [0.25, 0.3) is 0 Å². The molecule has 2 heterocycles. The van der Waals surface area contributed by atoms with E-state index in [1.807, 2.05) is 84.5 Å². The van der Waals surface area contributed by atoms with Crippen molar-refractivity contribution >= 4 is 51.3 Å². The molecule has 3 aromatic carbocycles. The number of anilines is 2. The Balaban J connectivity index is 1.85. The second-order valence-corrected chi connectivity index (χ2v) is 9.31. The standard InChI is InChI=1S/C25H21ClN4OS/c1-16-22(26)14-9-15-23(16)30-25(32-24(28-30)18(3)31)21-13-8-7-12-20(21)17(2)27-29(25)19-10-5-4-6-11-19/h4-15H,1-3H3/t25-/m0/s1. The highest BCUT2D eigenvalue weighted by molar-refractivity contribution is 8.17. The summed E-state index contributed by atoms with van der Waals surface area (Å²) in [5.74, 6) is -0.0895. The molecule has 0 saturated heterocycles. The lowest BCUT2D eigenvalue weighted by Gasteiger charge is -2.47. The average molecular weight is 461 g/mol. The third-order valence-electron chi connectivity index (χ3n) is 5.69. The van der Waals surface area contributed by atoms with E-state index in [0.717, 1.165) is 33.8 Å². The number of nitrogens with zero attached hydrogens (tertiary/aromatic N) is 4. The van der Waals surface area contributed by atoms with Gasteiger partial charge in [0.2, 0.25) is 4.99 Å². The van der Waals surface area contributed by atoms with Gasteiger partial charge in [0.1, 0.15) is 0 Å². The zero-order valence-corrected chi connectivity index (χ0v) is 19.5. The van der Waals surface area contributed by atoms with Gasteiger partial charge in [0.15, 0.2) is 10.8 Å². The second kappa shape index (κ2) is 7.80. The van der Waals surface area contributed by atoms with E-state index in [4.69, 9.17) is 21.8 Å². The van der Waals surface area contributed by atoms with E-state index in [-0.39, 0.29) is 5.78 Å². The Morgan fingerprint density at radius 3 is 2.38 bits per heavy atom. The topological polar surface area (TPSA) is 48.3 Å². The van der Waals surface area contributed by atoms with Crippen LogP contribution in [0.5, 0.6) is 0 Å². The summed E-state index contributed by atoms with van der Waals surface area (Å²) >= 11 is 7.91. The van der Waals surface area contributed by atoms with Gasteiger partial charge in [-0.2, -0.15) is 10.2 Å². The first-order valence-corrected chi connectivity index (χ1v) is 11.5. The molecule has 0 aliphatic carbocycles. The number of benzene rings is 3. The molecular weight excluding hydrogens is 440 g/mol. The van der Waals surface area contributed by atoms with Crippen molar-refractivity contribution in [1.82, 2.24) is 0 Å². The van der Waals surface area contributed by atoms with Gasteiger partial charge in [-0.05, 0) is 55.4 Å². The molecule has 0 saturated carbocycles. The molecule has 0 N–H and O–H groups in total. The number of hydrogen-bond acceptors (Lipinski definition) is 6. The summed E-state index contributed by atoms with van der Waals surface area (Å²) in [6.07, 6.45) is 0. The maximum absolute atomic E-state index is 12.6. The summed E-state index contributed by atoms with van der Waals surface area (Å²) in [6, 6.07) is 23.9. The lowest BCUT2D eigenvalue weighted by atomic mass is 9.97. The molecule has 2 aliphatic heterocycles. The Hall–Kier alpha value is -3.09. The molecule has 0 aromatic heterocycles. The molecule has 5 rings (SSSR count). The lowest BCUT2D eigenvalue weighted by molar-refractivity contribution is -0.110.